The monoisotopic (exact) mass is 420 g/mol. The smallest absolute Gasteiger partial charge is 0.243 e. The molecular formula is C20H22ClFN4OS. The Morgan fingerprint density at radius 3 is 2.86 bits per heavy atom. The van der Waals surface area contributed by atoms with Gasteiger partial charge in [-0.2, -0.15) is 4.98 Å². The van der Waals surface area contributed by atoms with Crippen molar-refractivity contribution in [1.82, 2.24) is 15.3 Å². The van der Waals surface area contributed by atoms with Crippen molar-refractivity contribution in [3.05, 3.63) is 53.5 Å². The zero-order chi connectivity index (χ0) is 18.8. The highest BCUT2D eigenvalue weighted by Gasteiger charge is 2.32. The number of aromatic nitrogens is 2. The van der Waals surface area contributed by atoms with Crippen LogP contribution < -0.4 is 10.2 Å². The number of pyridine rings is 1. The Labute approximate surface area is 173 Å². The molecule has 1 atom stereocenters. The molecular weight excluding hydrogens is 399 g/mol. The number of nitrogens with one attached hydrogen (secondary N) is 1. The van der Waals surface area contributed by atoms with E-state index >= 15 is 0 Å². The Balaban J connectivity index is 0.00000225. The number of carbonyl (C=O) groups is 1. The molecule has 0 spiro atoms. The molecule has 0 unspecified atom stereocenters. The van der Waals surface area contributed by atoms with Crippen LogP contribution >= 0.6 is 23.7 Å². The van der Waals surface area contributed by atoms with Gasteiger partial charge in [-0.25, -0.2) is 9.37 Å². The summed E-state index contributed by atoms with van der Waals surface area (Å²) >= 11 is 1.59. The van der Waals surface area contributed by atoms with Gasteiger partial charge in [-0.3, -0.25) is 4.79 Å². The van der Waals surface area contributed by atoms with Crippen molar-refractivity contribution >= 4 is 45.1 Å². The van der Waals surface area contributed by atoms with Gasteiger partial charge in [-0.1, -0.05) is 30.4 Å². The van der Waals surface area contributed by atoms with Gasteiger partial charge in [0.05, 0.1) is 4.70 Å². The van der Waals surface area contributed by atoms with Crippen LogP contribution in [0.15, 0.2) is 36.5 Å². The minimum absolute atomic E-state index is 0. The first-order valence-corrected chi connectivity index (χ1v) is 10.00. The fourth-order valence-electron chi connectivity index (χ4n) is 3.34. The van der Waals surface area contributed by atoms with E-state index in [4.69, 9.17) is 0 Å². The lowest BCUT2D eigenvalue weighted by molar-refractivity contribution is -0.122. The van der Waals surface area contributed by atoms with Crippen molar-refractivity contribution in [2.75, 3.05) is 11.4 Å². The Kier molecular flexibility index (Phi) is 6.46. The molecule has 4 rings (SSSR count). The van der Waals surface area contributed by atoms with E-state index in [2.05, 4.69) is 33.2 Å². The summed E-state index contributed by atoms with van der Waals surface area (Å²) in [7, 11) is 0. The highest BCUT2D eigenvalue weighted by atomic mass is 35.5. The molecule has 1 aliphatic heterocycles. The van der Waals surface area contributed by atoms with E-state index < -0.39 is 0 Å². The normalized spacial score (nSPS) is 16.2. The highest BCUT2D eigenvalue weighted by molar-refractivity contribution is 7.22. The minimum Gasteiger partial charge on any atom is -0.350 e. The van der Waals surface area contributed by atoms with Crippen molar-refractivity contribution in [3.8, 4) is 0 Å². The van der Waals surface area contributed by atoms with E-state index in [-0.39, 0.29) is 30.2 Å². The molecule has 1 N–H and O–H groups in total. The Hall–Kier alpha value is -2.25. The Bertz CT molecular complexity index is 962. The third-order valence-electron chi connectivity index (χ3n) is 4.88. The summed E-state index contributed by atoms with van der Waals surface area (Å²) in [5.41, 5.74) is 2.81. The van der Waals surface area contributed by atoms with E-state index in [9.17, 15) is 9.18 Å². The molecule has 0 radical (unpaired) electrons. The second-order valence-electron chi connectivity index (χ2n) is 6.71. The molecule has 3 aromatic rings. The van der Waals surface area contributed by atoms with Gasteiger partial charge >= 0.3 is 0 Å². The number of carbonyl (C=O) groups excluding carboxylic acids is 1. The first-order chi connectivity index (χ1) is 13.1. The number of amides is 1. The van der Waals surface area contributed by atoms with E-state index in [1.165, 1.54) is 17.7 Å². The van der Waals surface area contributed by atoms with Gasteiger partial charge in [-0.05, 0) is 48.6 Å². The number of hydrogen-bond acceptors (Lipinski definition) is 5. The number of benzene rings is 1. The van der Waals surface area contributed by atoms with Crippen molar-refractivity contribution in [2.45, 2.75) is 38.8 Å². The first kappa shape index (κ1) is 20.5. The van der Waals surface area contributed by atoms with Crippen LogP contribution in [-0.2, 0) is 17.8 Å². The molecule has 1 saturated heterocycles. The quantitative estimate of drug-likeness (QED) is 0.675. The predicted octanol–water partition coefficient (Wildman–Crippen LogP) is 4.10. The summed E-state index contributed by atoms with van der Waals surface area (Å²) in [4.78, 5) is 23.9. The minimum atomic E-state index is -0.275. The van der Waals surface area contributed by atoms with Gasteiger partial charge in [-0.15, -0.1) is 12.4 Å². The maximum Gasteiger partial charge on any atom is 0.243 e. The molecule has 1 aliphatic rings. The van der Waals surface area contributed by atoms with E-state index in [1.807, 2.05) is 6.20 Å². The fourth-order valence-corrected chi connectivity index (χ4v) is 4.41. The average molecular weight is 421 g/mol. The molecule has 8 heteroatoms. The van der Waals surface area contributed by atoms with Crippen LogP contribution in [0, 0.1) is 5.82 Å². The SMILES string of the molecule is CCc1cnc2nc(N3CCC[C@@H]3C(=O)NCc3ccc(F)cc3)sc2c1.Cl. The van der Waals surface area contributed by atoms with Crippen LogP contribution in [0.25, 0.3) is 10.3 Å². The lowest BCUT2D eigenvalue weighted by atomic mass is 10.2. The molecule has 1 aromatic carbocycles. The van der Waals surface area contributed by atoms with Crippen molar-refractivity contribution in [3.63, 3.8) is 0 Å². The number of rotatable bonds is 5. The van der Waals surface area contributed by atoms with E-state index in [0.29, 0.717) is 6.54 Å². The molecule has 0 bridgehead atoms. The summed E-state index contributed by atoms with van der Waals surface area (Å²) in [6, 6.07) is 8.09. The molecule has 5 nitrogen and oxygen atoms in total. The molecule has 148 valence electrons. The Morgan fingerprint density at radius 1 is 1.32 bits per heavy atom. The van der Waals surface area contributed by atoms with Crippen LogP contribution in [0.1, 0.15) is 30.9 Å². The van der Waals surface area contributed by atoms with Gasteiger partial charge in [0.2, 0.25) is 5.91 Å². The molecule has 3 heterocycles. The van der Waals surface area contributed by atoms with Gasteiger partial charge in [0.1, 0.15) is 11.9 Å². The second kappa shape index (κ2) is 8.84. The maximum atomic E-state index is 13.0. The number of anilines is 1. The summed E-state index contributed by atoms with van der Waals surface area (Å²) in [6.07, 6.45) is 4.56. The average Bonchev–Trinajstić information content (AvgIpc) is 3.33. The largest absolute Gasteiger partial charge is 0.350 e. The lowest BCUT2D eigenvalue weighted by Crippen LogP contribution is -2.43. The summed E-state index contributed by atoms with van der Waals surface area (Å²) in [6.45, 7) is 3.31. The molecule has 0 aliphatic carbocycles. The van der Waals surface area contributed by atoms with Gasteiger partial charge in [0, 0.05) is 19.3 Å². The Morgan fingerprint density at radius 2 is 2.11 bits per heavy atom. The van der Waals surface area contributed by atoms with Crippen molar-refractivity contribution in [1.29, 1.82) is 0 Å². The van der Waals surface area contributed by atoms with Gasteiger partial charge in [0.15, 0.2) is 10.8 Å². The fraction of sp³-hybridized carbons (Fsp3) is 0.350. The third-order valence-corrected chi connectivity index (χ3v) is 5.91. The van der Waals surface area contributed by atoms with Crippen LogP contribution in [0.5, 0.6) is 0 Å². The summed E-state index contributed by atoms with van der Waals surface area (Å²) in [5, 5.41) is 3.82. The molecule has 0 saturated carbocycles. The summed E-state index contributed by atoms with van der Waals surface area (Å²) < 4.78 is 14.1. The molecule has 1 amide bonds. The predicted molar refractivity (Wildman–Crippen MR) is 113 cm³/mol. The molecule has 2 aromatic heterocycles. The number of hydrogen-bond donors (Lipinski definition) is 1. The van der Waals surface area contributed by atoms with Crippen LogP contribution in [0.4, 0.5) is 9.52 Å². The van der Waals surface area contributed by atoms with Gasteiger partial charge in [0.25, 0.3) is 0 Å². The van der Waals surface area contributed by atoms with Crippen LogP contribution in [0.3, 0.4) is 0 Å². The number of halogens is 2. The topological polar surface area (TPSA) is 58.1 Å². The number of thiazole rings is 1. The molecule has 1 fully saturated rings. The van der Waals surface area contributed by atoms with E-state index in [1.54, 1.807) is 23.5 Å². The molecule has 28 heavy (non-hydrogen) atoms. The van der Waals surface area contributed by atoms with E-state index in [0.717, 1.165) is 46.8 Å². The second-order valence-corrected chi connectivity index (χ2v) is 7.72. The van der Waals surface area contributed by atoms with Crippen molar-refractivity contribution in [2.24, 2.45) is 0 Å². The number of fused-ring (bicyclic) bond motifs is 1. The van der Waals surface area contributed by atoms with Crippen molar-refractivity contribution < 1.29 is 9.18 Å². The van der Waals surface area contributed by atoms with Gasteiger partial charge < -0.3 is 10.2 Å². The first-order valence-electron chi connectivity index (χ1n) is 9.18. The number of aryl methyl sites for hydroxylation is 1. The zero-order valence-corrected chi connectivity index (χ0v) is 17.2. The maximum absolute atomic E-state index is 13.0. The van der Waals surface area contributed by atoms with Crippen LogP contribution in [0.2, 0.25) is 0 Å². The zero-order valence-electron chi connectivity index (χ0n) is 15.5. The van der Waals surface area contributed by atoms with Crippen LogP contribution in [-0.4, -0.2) is 28.5 Å². The highest BCUT2D eigenvalue weighted by Crippen LogP contribution is 2.33. The summed E-state index contributed by atoms with van der Waals surface area (Å²) in [5.74, 6) is -0.291. The number of nitrogens with zero attached hydrogens (tertiary/aromatic N) is 3. The standard InChI is InChI=1S/C20H21FN4OS.ClH/c1-2-13-10-17-18(22-11-13)24-20(27-17)25-9-3-4-16(25)19(26)23-12-14-5-7-15(21)8-6-14;/h5-8,10-11,16H,2-4,9,12H2,1H3,(H,23,26);1H/t16-;/m1./s1. The lowest BCUT2D eigenvalue weighted by Gasteiger charge is -2.23. The third kappa shape index (κ3) is 4.25.